The first-order valence-corrected chi connectivity index (χ1v) is 12.0. The van der Waals surface area contributed by atoms with Crippen molar-refractivity contribution in [1.82, 2.24) is 0 Å². The molecule has 170 valence electrons. The SMILES string of the molecule is C=C1C[C@H](C[C@@H](C)[C@H]2CC[C@H]3C(=CC=C4C[C@@H](O)C[C@H](O)C4=C)CCC[C@]23C)OC1=O. The van der Waals surface area contributed by atoms with Crippen molar-refractivity contribution in [3.8, 4) is 0 Å². The van der Waals surface area contributed by atoms with E-state index in [0.29, 0.717) is 42.6 Å². The summed E-state index contributed by atoms with van der Waals surface area (Å²) in [5.74, 6) is 1.51. The Morgan fingerprint density at radius 3 is 2.71 bits per heavy atom. The van der Waals surface area contributed by atoms with E-state index >= 15 is 0 Å². The average Bonchev–Trinajstić information content (AvgIpc) is 3.22. The first-order valence-electron chi connectivity index (χ1n) is 12.0. The zero-order chi connectivity index (χ0) is 22.3. The number of esters is 1. The van der Waals surface area contributed by atoms with Gasteiger partial charge in [0.05, 0.1) is 12.2 Å². The highest BCUT2D eigenvalue weighted by atomic mass is 16.5. The molecule has 4 rings (SSSR count). The van der Waals surface area contributed by atoms with Gasteiger partial charge in [0, 0.05) is 18.4 Å². The zero-order valence-corrected chi connectivity index (χ0v) is 19.1. The molecule has 1 aliphatic heterocycles. The number of aliphatic hydroxyl groups excluding tert-OH is 2. The summed E-state index contributed by atoms with van der Waals surface area (Å²) in [4.78, 5) is 11.7. The largest absolute Gasteiger partial charge is 0.459 e. The lowest BCUT2D eigenvalue weighted by molar-refractivity contribution is -0.139. The molecule has 4 nitrogen and oxygen atoms in total. The standard InChI is InChI=1S/C27H38O4/c1-16(12-22-13-17(2)26(30)31-22)23-9-10-24-19(6-5-11-27(23,24)4)7-8-20-14-21(28)15-25(29)18(20)3/h7-8,16,21-25,28-29H,2-3,5-6,9-15H2,1,4H3/t16-,21-,22+,23-,24+,25+,27-/m1/s1. The van der Waals surface area contributed by atoms with Crippen LogP contribution in [0, 0.1) is 23.2 Å². The fourth-order valence-corrected chi connectivity index (χ4v) is 7.02. The molecule has 4 heteroatoms. The van der Waals surface area contributed by atoms with E-state index in [1.165, 1.54) is 31.3 Å². The summed E-state index contributed by atoms with van der Waals surface area (Å²) in [5.41, 5.74) is 4.15. The molecule has 0 radical (unpaired) electrons. The molecule has 0 aromatic carbocycles. The van der Waals surface area contributed by atoms with Crippen molar-refractivity contribution in [2.24, 2.45) is 23.2 Å². The Labute approximate surface area is 186 Å². The molecule has 0 amide bonds. The van der Waals surface area contributed by atoms with Crippen LogP contribution in [0.15, 0.2) is 47.6 Å². The summed E-state index contributed by atoms with van der Waals surface area (Å²) in [6.45, 7) is 12.7. The van der Waals surface area contributed by atoms with Crippen molar-refractivity contribution >= 4 is 5.97 Å². The second kappa shape index (κ2) is 8.71. The maximum atomic E-state index is 11.7. The number of carbonyl (C=O) groups is 1. The predicted octanol–water partition coefficient (Wildman–Crippen LogP) is 5.03. The molecule has 3 aliphatic carbocycles. The predicted molar refractivity (Wildman–Crippen MR) is 122 cm³/mol. The molecule has 0 spiro atoms. The third kappa shape index (κ3) is 4.34. The lowest BCUT2D eigenvalue weighted by atomic mass is 9.60. The Morgan fingerprint density at radius 1 is 1.23 bits per heavy atom. The highest BCUT2D eigenvalue weighted by Gasteiger charge is 2.51. The normalized spacial score (nSPS) is 42.2. The Bertz CT molecular complexity index is 805. The number of cyclic esters (lactones) is 1. The van der Waals surface area contributed by atoms with E-state index in [-0.39, 0.29) is 17.5 Å². The highest BCUT2D eigenvalue weighted by molar-refractivity contribution is 5.89. The number of hydrogen-bond acceptors (Lipinski definition) is 4. The second-order valence-electron chi connectivity index (χ2n) is 10.7. The first kappa shape index (κ1) is 22.5. The number of ether oxygens (including phenoxy) is 1. The summed E-state index contributed by atoms with van der Waals surface area (Å²) < 4.78 is 5.52. The maximum absolute atomic E-state index is 11.7. The van der Waals surface area contributed by atoms with Crippen molar-refractivity contribution in [3.63, 3.8) is 0 Å². The van der Waals surface area contributed by atoms with Gasteiger partial charge in [-0.1, -0.05) is 44.7 Å². The van der Waals surface area contributed by atoms with Gasteiger partial charge in [0.15, 0.2) is 0 Å². The molecule has 4 aliphatic rings. The fraction of sp³-hybridized carbons (Fsp3) is 0.667. The summed E-state index contributed by atoms with van der Waals surface area (Å²) >= 11 is 0. The Balaban J connectivity index is 1.48. The molecular weight excluding hydrogens is 388 g/mol. The summed E-state index contributed by atoms with van der Waals surface area (Å²) in [6.07, 6.45) is 11.8. The lowest BCUT2D eigenvalue weighted by Crippen LogP contribution is -2.36. The minimum Gasteiger partial charge on any atom is -0.459 e. The van der Waals surface area contributed by atoms with Gasteiger partial charge >= 0.3 is 5.97 Å². The fourth-order valence-electron chi connectivity index (χ4n) is 7.02. The van der Waals surface area contributed by atoms with Crippen molar-refractivity contribution in [2.45, 2.75) is 89.9 Å². The summed E-state index contributed by atoms with van der Waals surface area (Å²) in [6, 6.07) is 0. The topological polar surface area (TPSA) is 66.8 Å². The number of hydrogen-bond donors (Lipinski definition) is 2. The molecule has 0 unspecified atom stereocenters. The van der Waals surface area contributed by atoms with Crippen LogP contribution >= 0.6 is 0 Å². The molecule has 1 heterocycles. The third-order valence-corrected chi connectivity index (χ3v) is 8.66. The maximum Gasteiger partial charge on any atom is 0.333 e. The van der Waals surface area contributed by atoms with Gasteiger partial charge in [-0.3, -0.25) is 0 Å². The monoisotopic (exact) mass is 426 g/mol. The van der Waals surface area contributed by atoms with Crippen molar-refractivity contribution in [1.29, 1.82) is 0 Å². The van der Waals surface area contributed by atoms with Crippen LogP contribution in [0.3, 0.4) is 0 Å². The van der Waals surface area contributed by atoms with Gasteiger partial charge < -0.3 is 14.9 Å². The number of allylic oxidation sites excluding steroid dienone is 3. The Kier molecular flexibility index (Phi) is 6.33. The molecular formula is C27H38O4. The van der Waals surface area contributed by atoms with Crippen LogP contribution < -0.4 is 0 Å². The van der Waals surface area contributed by atoms with E-state index in [0.717, 1.165) is 24.0 Å². The molecule has 31 heavy (non-hydrogen) atoms. The van der Waals surface area contributed by atoms with Gasteiger partial charge in [0.2, 0.25) is 0 Å². The van der Waals surface area contributed by atoms with E-state index in [2.05, 4.69) is 39.2 Å². The average molecular weight is 427 g/mol. The Hall–Kier alpha value is -1.65. The third-order valence-electron chi connectivity index (χ3n) is 8.66. The molecule has 4 fully saturated rings. The van der Waals surface area contributed by atoms with Crippen LogP contribution in [-0.4, -0.2) is 34.5 Å². The minimum atomic E-state index is -0.637. The number of aliphatic hydroxyl groups is 2. The second-order valence-corrected chi connectivity index (χ2v) is 10.7. The smallest absolute Gasteiger partial charge is 0.333 e. The quantitative estimate of drug-likeness (QED) is 0.489. The van der Waals surface area contributed by atoms with Crippen LogP contribution in [0.1, 0.15) is 71.6 Å². The Morgan fingerprint density at radius 2 is 2.00 bits per heavy atom. The number of rotatable bonds is 4. The van der Waals surface area contributed by atoms with Gasteiger partial charge in [-0.25, -0.2) is 4.79 Å². The lowest BCUT2D eigenvalue weighted by Gasteiger charge is -2.44. The van der Waals surface area contributed by atoms with E-state index in [9.17, 15) is 15.0 Å². The summed E-state index contributed by atoms with van der Waals surface area (Å²) in [5, 5.41) is 20.2. The van der Waals surface area contributed by atoms with Crippen molar-refractivity contribution < 1.29 is 19.7 Å². The summed E-state index contributed by atoms with van der Waals surface area (Å²) in [7, 11) is 0. The van der Waals surface area contributed by atoms with Crippen LogP contribution in [0.25, 0.3) is 0 Å². The van der Waals surface area contributed by atoms with Gasteiger partial charge in [-0.05, 0) is 79.3 Å². The van der Waals surface area contributed by atoms with Crippen molar-refractivity contribution in [3.05, 3.63) is 47.6 Å². The number of carbonyl (C=O) groups excluding carboxylic acids is 1. The molecule has 3 saturated carbocycles. The van der Waals surface area contributed by atoms with Crippen LogP contribution in [0.2, 0.25) is 0 Å². The van der Waals surface area contributed by atoms with Crippen molar-refractivity contribution in [2.75, 3.05) is 0 Å². The number of fused-ring (bicyclic) bond motifs is 1. The van der Waals surface area contributed by atoms with E-state index in [1.54, 1.807) is 0 Å². The van der Waals surface area contributed by atoms with Gasteiger partial charge in [-0.15, -0.1) is 0 Å². The first-order chi connectivity index (χ1) is 14.7. The van der Waals surface area contributed by atoms with Crippen LogP contribution in [0.4, 0.5) is 0 Å². The van der Waals surface area contributed by atoms with Gasteiger partial charge in [0.25, 0.3) is 0 Å². The minimum absolute atomic E-state index is 0.00356. The van der Waals surface area contributed by atoms with E-state index < -0.39 is 12.2 Å². The molecule has 0 bridgehead atoms. The van der Waals surface area contributed by atoms with E-state index in [1.807, 2.05) is 0 Å². The molecule has 1 saturated heterocycles. The van der Waals surface area contributed by atoms with Crippen LogP contribution in [0.5, 0.6) is 0 Å². The molecule has 0 aromatic heterocycles. The van der Waals surface area contributed by atoms with E-state index in [4.69, 9.17) is 4.74 Å². The van der Waals surface area contributed by atoms with Gasteiger partial charge in [-0.2, -0.15) is 0 Å². The highest BCUT2D eigenvalue weighted by Crippen LogP contribution is 2.60. The molecule has 2 N–H and O–H groups in total. The molecule has 0 aromatic rings. The van der Waals surface area contributed by atoms with Gasteiger partial charge in [0.1, 0.15) is 6.10 Å². The zero-order valence-electron chi connectivity index (χ0n) is 19.1. The molecule has 7 atom stereocenters. The van der Waals surface area contributed by atoms with Crippen LogP contribution in [-0.2, 0) is 9.53 Å².